The average Bonchev–Trinajstić information content (AvgIpc) is 2.81. The minimum absolute atomic E-state index is 0.382. The molecule has 3 heteroatoms. The molecule has 168 valence electrons. The van der Waals surface area contributed by atoms with Crippen molar-refractivity contribution in [2.45, 2.75) is 44.4 Å². The number of phenolic OH excluding ortho intramolecular Hbond substituents is 1. The summed E-state index contributed by atoms with van der Waals surface area (Å²) in [6.07, 6.45) is 6.55. The fourth-order valence-corrected chi connectivity index (χ4v) is 4.76. The number of hydrogen-bond acceptors (Lipinski definition) is 3. The van der Waals surface area contributed by atoms with Crippen LogP contribution in [-0.2, 0) is 25.7 Å². The van der Waals surface area contributed by atoms with Gasteiger partial charge in [-0.15, -0.1) is 0 Å². The third kappa shape index (κ3) is 5.92. The first-order valence-corrected chi connectivity index (χ1v) is 11.9. The van der Waals surface area contributed by atoms with Crippen LogP contribution in [0.5, 0.6) is 5.75 Å². The van der Waals surface area contributed by atoms with Crippen molar-refractivity contribution >= 4 is 5.69 Å². The number of fused-ring (bicyclic) bond motifs is 1. The highest BCUT2D eigenvalue weighted by molar-refractivity contribution is 5.54. The topological polar surface area (TPSA) is 35.5 Å². The number of likely N-dealkylation sites (N-methyl/N-ethyl adjacent to an activating group) is 1. The summed E-state index contributed by atoms with van der Waals surface area (Å²) in [5.74, 6) is 0.915. The Kier molecular flexibility index (Phi) is 7.49. The first kappa shape index (κ1) is 22.4. The number of nitrogens with one attached hydrogen (secondary N) is 1. The molecule has 4 rings (SSSR count). The zero-order chi connectivity index (χ0) is 22.3. The number of phenols is 1. The summed E-state index contributed by atoms with van der Waals surface area (Å²) >= 11 is 0. The van der Waals surface area contributed by atoms with E-state index in [9.17, 15) is 5.11 Å². The van der Waals surface area contributed by atoms with Crippen LogP contribution in [0.2, 0.25) is 0 Å². The Morgan fingerprint density at radius 1 is 0.906 bits per heavy atom. The van der Waals surface area contributed by atoms with E-state index in [2.05, 4.69) is 78.9 Å². The van der Waals surface area contributed by atoms with Gasteiger partial charge in [0.2, 0.25) is 0 Å². The molecule has 3 aromatic rings. The molecule has 3 aromatic carbocycles. The van der Waals surface area contributed by atoms with Crippen LogP contribution in [0.15, 0.2) is 66.7 Å². The Labute approximate surface area is 193 Å². The highest BCUT2D eigenvalue weighted by Crippen LogP contribution is 2.37. The highest BCUT2D eigenvalue weighted by atomic mass is 16.3. The molecule has 0 spiro atoms. The van der Waals surface area contributed by atoms with Gasteiger partial charge >= 0.3 is 0 Å². The van der Waals surface area contributed by atoms with Gasteiger partial charge in [-0.2, -0.15) is 0 Å². The van der Waals surface area contributed by atoms with Crippen LogP contribution in [0.25, 0.3) is 0 Å². The average molecular weight is 429 g/mol. The number of rotatable bonds is 9. The molecule has 0 aromatic heterocycles. The predicted octanol–water partition coefficient (Wildman–Crippen LogP) is 5.81. The zero-order valence-corrected chi connectivity index (χ0v) is 19.5. The molecule has 1 aliphatic carbocycles. The van der Waals surface area contributed by atoms with E-state index in [-0.39, 0.29) is 0 Å². The lowest BCUT2D eigenvalue weighted by molar-refractivity contribution is 0.413. The van der Waals surface area contributed by atoms with Crippen molar-refractivity contribution in [1.29, 1.82) is 0 Å². The smallest absolute Gasteiger partial charge is 0.115 e. The second-order valence-electron chi connectivity index (χ2n) is 9.38. The minimum Gasteiger partial charge on any atom is -0.508 e. The number of hydrogen-bond donors (Lipinski definition) is 2. The van der Waals surface area contributed by atoms with Crippen molar-refractivity contribution < 1.29 is 5.11 Å². The molecule has 0 unspecified atom stereocenters. The molecule has 0 amide bonds. The summed E-state index contributed by atoms with van der Waals surface area (Å²) in [6.45, 7) is 2.08. The largest absolute Gasteiger partial charge is 0.508 e. The molecule has 0 radical (unpaired) electrons. The number of para-hydroxylation sites is 1. The van der Waals surface area contributed by atoms with E-state index in [0.29, 0.717) is 11.7 Å². The van der Waals surface area contributed by atoms with Gasteiger partial charge in [0.1, 0.15) is 5.75 Å². The monoisotopic (exact) mass is 428 g/mol. The van der Waals surface area contributed by atoms with Crippen LogP contribution in [0.3, 0.4) is 0 Å². The number of nitrogens with zero attached hydrogens (tertiary/aromatic N) is 1. The van der Waals surface area contributed by atoms with E-state index < -0.39 is 0 Å². The quantitative estimate of drug-likeness (QED) is 0.422. The van der Waals surface area contributed by atoms with Gasteiger partial charge < -0.3 is 15.3 Å². The predicted molar refractivity (Wildman–Crippen MR) is 135 cm³/mol. The Balaban J connectivity index is 1.30. The molecule has 0 fully saturated rings. The van der Waals surface area contributed by atoms with Crippen LogP contribution < -0.4 is 5.32 Å². The van der Waals surface area contributed by atoms with Gasteiger partial charge in [0, 0.05) is 18.8 Å². The molecule has 3 nitrogen and oxygen atoms in total. The first-order chi connectivity index (χ1) is 15.6. The lowest BCUT2D eigenvalue weighted by Crippen LogP contribution is -2.15. The van der Waals surface area contributed by atoms with Crippen molar-refractivity contribution in [1.82, 2.24) is 4.90 Å². The molecular weight excluding hydrogens is 392 g/mol. The SMILES string of the molecule is CN(C)CCc1ccc(CCCNc2ccccc2[C@@H]2CCc3cc(O)ccc3C2)cc1. The summed E-state index contributed by atoms with van der Waals surface area (Å²) in [6, 6.07) is 23.8. The molecule has 1 aliphatic rings. The Morgan fingerprint density at radius 3 is 2.44 bits per heavy atom. The van der Waals surface area contributed by atoms with Gasteiger partial charge in [-0.3, -0.25) is 0 Å². The third-order valence-corrected chi connectivity index (χ3v) is 6.65. The van der Waals surface area contributed by atoms with E-state index in [1.807, 2.05) is 12.1 Å². The molecular formula is C29H36N2O. The van der Waals surface area contributed by atoms with E-state index >= 15 is 0 Å². The van der Waals surface area contributed by atoms with E-state index in [1.165, 1.54) is 33.5 Å². The molecule has 1 atom stereocenters. The second kappa shape index (κ2) is 10.7. The number of benzene rings is 3. The molecule has 0 saturated carbocycles. The Bertz CT molecular complexity index is 1010. The maximum Gasteiger partial charge on any atom is 0.115 e. The summed E-state index contributed by atoms with van der Waals surface area (Å²) < 4.78 is 0. The molecule has 32 heavy (non-hydrogen) atoms. The van der Waals surface area contributed by atoms with Gasteiger partial charge in [-0.25, -0.2) is 0 Å². The van der Waals surface area contributed by atoms with Crippen molar-refractivity contribution in [2.75, 3.05) is 32.5 Å². The van der Waals surface area contributed by atoms with Gasteiger partial charge in [-0.1, -0.05) is 48.5 Å². The third-order valence-electron chi connectivity index (χ3n) is 6.65. The van der Waals surface area contributed by atoms with Crippen LogP contribution in [-0.4, -0.2) is 37.2 Å². The van der Waals surface area contributed by atoms with Gasteiger partial charge in [0.25, 0.3) is 0 Å². The van der Waals surface area contributed by atoms with Crippen LogP contribution >= 0.6 is 0 Å². The van der Waals surface area contributed by atoms with Gasteiger partial charge in [0.05, 0.1) is 0 Å². The maximum atomic E-state index is 9.76. The van der Waals surface area contributed by atoms with Crippen LogP contribution in [0.1, 0.15) is 46.6 Å². The Morgan fingerprint density at radius 2 is 1.66 bits per heavy atom. The summed E-state index contributed by atoms with van der Waals surface area (Å²) in [5.41, 5.74) is 8.22. The van der Waals surface area contributed by atoms with Gasteiger partial charge in [0.15, 0.2) is 0 Å². The molecule has 0 heterocycles. The summed E-state index contributed by atoms with van der Waals surface area (Å²) in [5, 5.41) is 13.5. The van der Waals surface area contributed by atoms with Crippen LogP contribution in [0, 0.1) is 0 Å². The minimum atomic E-state index is 0.382. The fraction of sp³-hybridized carbons (Fsp3) is 0.379. The Hall–Kier alpha value is -2.78. The lowest BCUT2D eigenvalue weighted by Gasteiger charge is -2.27. The fourth-order valence-electron chi connectivity index (χ4n) is 4.76. The number of anilines is 1. The molecule has 2 N–H and O–H groups in total. The maximum absolute atomic E-state index is 9.76. The van der Waals surface area contributed by atoms with Crippen molar-refractivity contribution in [3.05, 3.63) is 94.5 Å². The van der Waals surface area contributed by atoms with Gasteiger partial charge in [-0.05, 0) is 105 Å². The number of aryl methyl sites for hydroxylation is 2. The van der Waals surface area contributed by atoms with Crippen molar-refractivity contribution in [3.63, 3.8) is 0 Å². The normalized spacial score (nSPS) is 15.5. The standard InChI is InChI=1S/C29H36N2O/c1-31(2)19-17-23-11-9-22(10-12-23)6-5-18-30-29-8-4-3-7-28(29)26-14-13-25-21-27(32)16-15-24(25)20-26/h3-4,7-12,15-16,21,26,30,32H,5-6,13-14,17-20H2,1-2H3/t26-/m1/s1. The first-order valence-electron chi connectivity index (χ1n) is 11.9. The molecule has 0 bridgehead atoms. The second-order valence-corrected chi connectivity index (χ2v) is 9.38. The lowest BCUT2D eigenvalue weighted by atomic mass is 9.79. The van der Waals surface area contributed by atoms with Crippen LogP contribution in [0.4, 0.5) is 5.69 Å². The van der Waals surface area contributed by atoms with E-state index in [4.69, 9.17) is 0 Å². The number of aromatic hydroxyl groups is 1. The molecule has 0 saturated heterocycles. The van der Waals surface area contributed by atoms with E-state index in [0.717, 1.165) is 51.6 Å². The highest BCUT2D eigenvalue weighted by Gasteiger charge is 2.22. The summed E-state index contributed by atoms with van der Waals surface area (Å²) in [4.78, 5) is 2.23. The van der Waals surface area contributed by atoms with E-state index in [1.54, 1.807) is 0 Å². The van der Waals surface area contributed by atoms with Crippen molar-refractivity contribution in [2.24, 2.45) is 0 Å². The summed E-state index contributed by atoms with van der Waals surface area (Å²) in [7, 11) is 4.25. The van der Waals surface area contributed by atoms with Crippen molar-refractivity contribution in [3.8, 4) is 5.75 Å². The molecule has 0 aliphatic heterocycles. The zero-order valence-electron chi connectivity index (χ0n) is 19.5.